The number of likely N-dealkylation sites (N-methyl/N-ethyl adjacent to an activating group) is 1. The molecule has 0 radical (unpaired) electrons. The van der Waals surface area contributed by atoms with Gasteiger partial charge in [0.2, 0.25) is 0 Å². The summed E-state index contributed by atoms with van der Waals surface area (Å²) in [5.41, 5.74) is 1.71. The van der Waals surface area contributed by atoms with E-state index < -0.39 is 36.1 Å². The van der Waals surface area contributed by atoms with Crippen molar-refractivity contribution in [2.75, 3.05) is 39.8 Å². The molecule has 0 unspecified atom stereocenters. The summed E-state index contributed by atoms with van der Waals surface area (Å²) in [5.74, 6) is -1.50. The molecule has 0 aliphatic carbocycles. The zero-order valence-corrected chi connectivity index (χ0v) is 25.6. The molecular formula is C31H44FN5O6. The minimum atomic E-state index is -0.898. The van der Waals surface area contributed by atoms with Crippen molar-refractivity contribution in [3.63, 3.8) is 0 Å². The number of carbonyl (C=O) groups excluding carboxylic acids is 2. The molecule has 0 spiro atoms. The zero-order valence-electron chi connectivity index (χ0n) is 25.6. The number of ether oxygens (including phenoxy) is 2. The molecule has 1 aromatic carbocycles. The molecule has 6 atom stereocenters. The van der Waals surface area contributed by atoms with E-state index in [1.54, 1.807) is 30.9 Å². The second-order valence-corrected chi connectivity index (χ2v) is 12.0. The second-order valence-electron chi connectivity index (χ2n) is 12.0. The van der Waals surface area contributed by atoms with Crippen LogP contribution >= 0.6 is 0 Å². The number of benzene rings is 1. The Hall–Kier alpha value is -3.35. The normalized spacial score (nSPS) is 28.1. The van der Waals surface area contributed by atoms with Crippen LogP contribution in [0.3, 0.4) is 0 Å². The van der Waals surface area contributed by atoms with Gasteiger partial charge in [-0.15, -0.1) is 5.10 Å². The number of aliphatic hydroxyl groups excluding tert-OH is 2. The molecule has 1 saturated heterocycles. The van der Waals surface area contributed by atoms with Crippen LogP contribution in [-0.4, -0.2) is 105 Å². The van der Waals surface area contributed by atoms with Crippen LogP contribution in [0.15, 0.2) is 29.9 Å². The Bertz CT molecular complexity index is 1340. The molecular weight excluding hydrogens is 557 g/mol. The predicted octanol–water partition coefficient (Wildman–Crippen LogP) is 3.56. The molecule has 43 heavy (non-hydrogen) atoms. The first-order chi connectivity index (χ1) is 20.5. The van der Waals surface area contributed by atoms with E-state index in [0.29, 0.717) is 42.6 Å². The highest BCUT2D eigenvalue weighted by molar-refractivity contribution is 5.79. The molecule has 2 aliphatic rings. The number of amides is 1. The first-order valence-electron chi connectivity index (χ1n) is 15.0. The number of nitrogens with zero attached hydrogens (tertiary/aromatic N) is 5. The number of cyclic esters (lactones) is 1. The Morgan fingerprint density at radius 3 is 2.63 bits per heavy atom. The van der Waals surface area contributed by atoms with Crippen LogP contribution in [0.5, 0.6) is 0 Å². The highest BCUT2D eigenvalue weighted by atomic mass is 19.1. The molecule has 1 fully saturated rings. The Morgan fingerprint density at radius 1 is 1.21 bits per heavy atom. The summed E-state index contributed by atoms with van der Waals surface area (Å²) < 4.78 is 28.3. The van der Waals surface area contributed by atoms with E-state index >= 15 is 0 Å². The molecule has 2 aliphatic heterocycles. The summed E-state index contributed by atoms with van der Waals surface area (Å²) in [6.45, 7) is 9.99. The highest BCUT2D eigenvalue weighted by Gasteiger charge is 2.29. The third-order valence-electron chi connectivity index (χ3n) is 8.34. The monoisotopic (exact) mass is 601 g/mol. The summed E-state index contributed by atoms with van der Waals surface area (Å²) in [4.78, 5) is 29.7. The predicted molar refractivity (Wildman–Crippen MR) is 159 cm³/mol. The highest BCUT2D eigenvalue weighted by Crippen LogP contribution is 2.27. The van der Waals surface area contributed by atoms with Crippen molar-refractivity contribution in [3.8, 4) is 0 Å². The van der Waals surface area contributed by atoms with Crippen LogP contribution in [0.2, 0.25) is 0 Å². The van der Waals surface area contributed by atoms with E-state index in [9.17, 15) is 24.2 Å². The summed E-state index contributed by atoms with van der Waals surface area (Å²) in [6, 6.07) is 2.67. The average Bonchev–Trinajstić information content (AvgIpc) is 3.40. The van der Waals surface area contributed by atoms with Crippen molar-refractivity contribution in [2.45, 2.75) is 71.3 Å². The number of esters is 1. The summed E-state index contributed by atoms with van der Waals surface area (Å²) in [7, 11) is 2.02. The van der Waals surface area contributed by atoms with E-state index in [4.69, 9.17) is 9.47 Å². The van der Waals surface area contributed by atoms with Gasteiger partial charge in [-0.1, -0.05) is 31.2 Å². The van der Waals surface area contributed by atoms with Crippen LogP contribution in [0.4, 0.5) is 9.18 Å². The van der Waals surface area contributed by atoms with Crippen molar-refractivity contribution in [3.05, 3.63) is 41.2 Å². The topological polar surface area (TPSA) is 130 Å². The number of aromatic nitrogens is 3. The van der Waals surface area contributed by atoms with Crippen LogP contribution in [0, 0.1) is 17.7 Å². The van der Waals surface area contributed by atoms with E-state index in [1.807, 2.05) is 33.0 Å². The molecule has 12 heteroatoms. The fourth-order valence-corrected chi connectivity index (χ4v) is 5.48. The lowest BCUT2D eigenvalue weighted by molar-refractivity contribution is -0.151. The molecule has 11 nitrogen and oxygen atoms in total. The van der Waals surface area contributed by atoms with Gasteiger partial charge in [0.25, 0.3) is 0 Å². The van der Waals surface area contributed by atoms with Crippen molar-refractivity contribution < 1.29 is 33.7 Å². The molecule has 2 aromatic rings. The number of halogens is 1. The van der Waals surface area contributed by atoms with E-state index in [2.05, 4.69) is 15.2 Å². The van der Waals surface area contributed by atoms with Gasteiger partial charge in [-0.05, 0) is 69.0 Å². The maximum atomic E-state index is 15.0. The first-order valence-corrected chi connectivity index (χ1v) is 15.0. The second kappa shape index (κ2) is 14.4. The number of aliphatic hydroxyl groups is 2. The van der Waals surface area contributed by atoms with Crippen molar-refractivity contribution >= 4 is 29.2 Å². The lowest BCUT2D eigenvalue weighted by Crippen LogP contribution is -2.48. The van der Waals surface area contributed by atoms with Gasteiger partial charge in [0.15, 0.2) is 5.82 Å². The summed E-state index contributed by atoms with van der Waals surface area (Å²) in [5, 5.41) is 28.1. The van der Waals surface area contributed by atoms with Crippen LogP contribution in [0.25, 0.3) is 17.1 Å². The van der Waals surface area contributed by atoms with Crippen LogP contribution in [-0.2, 0) is 14.3 Å². The lowest BCUT2D eigenvalue weighted by atomic mass is 9.91. The first kappa shape index (κ1) is 32.6. The molecule has 1 aromatic heterocycles. The lowest BCUT2D eigenvalue weighted by Gasteiger charge is -2.33. The standard InChI is InChI=1S/C31H44FN5O6/c1-19-6-8-24(39)17-28(40)43-30(20(2)7-9-27(19)42-31(41)36-12-10-35(5)11-13-36)21(3)14-23-15-25(32)29-26(16-23)37(34-33-29)22(4)18-38/h7,9,14-16,19-20,22,24,27,30,38-39H,6,8,10-13,17-18H2,1-5H3/b9-7-,21-14+/t19-,20-,22+,24+,27-,30-/m0/s1. The van der Waals surface area contributed by atoms with Gasteiger partial charge in [0.1, 0.15) is 17.7 Å². The molecule has 2 N–H and O–H groups in total. The van der Waals surface area contributed by atoms with Crippen molar-refractivity contribution in [2.24, 2.45) is 11.8 Å². The maximum absolute atomic E-state index is 15.0. The minimum absolute atomic E-state index is 0.0884. The van der Waals surface area contributed by atoms with Gasteiger partial charge in [0.05, 0.1) is 30.7 Å². The Morgan fingerprint density at radius 2 is 1.93 bits per heavy atom. The number of hydrogen-bond acceptors (Lipinski definition) is 9. The van der Waals surface area contributed by atoms with E-state index in [1.165, 1.54) is 10.7 Å². The van der Waals surface area contributed by atoms with Crippen LogP contribution < -0.4 is 0 Å². The Balaban J connectivity index is 1.61. The fraction of sp³-hybridized carbons (Fsp3) is 0.613. The van der Waals surface area contributed by atoms with Gasteiger partial charge < -0.3 is 29.5 Å². The van der Waals surface area contributed by atoms with E-state index in [-0.39, 0.29) is 36.5 Å². The maximum Gasteiger partial charge on any atom is 0.410 e. The molecule has 4 rings (SSSR count). The van der Waals surface area contributed by atoms with Crippen LogP contribution in [0.1, 0.15) is 58.6 Å². The summed E-state index contributed by atoms with van der Waals surface area (Å²) in [6.07, 6.45) is 3.71. The quantitative estimate of drug-likeness (QED) is 0.390. The van der Waals surface area contributed by atoms with Crippen molar-refractivity contribution in [1.29, 1.82) is 0 Å². The Kier molecular flexibility index (Phi) is 10.9. The third-order valence-corrected chi connectivity index (χ3v) is 8.34. The number of hydrogen-bond donors (Lipinski definition) is 2. The van der Waals surface area contributed by atoms with Gasteiger partial charge in [-0.25, -0.2) is 13.9 Å². The molecule has 236 valence electrons. The number of piperazine rings is 1. The smallest absolute Gasteiger partial charge is 0.410 e. The number of rotatable bonds is 5. The summed E-state index contributed by atoms with van der Waals surface area (Å²) >= 11 is 0. The molecule has 1 amide bonds. The van der Waals surface area contributed by atoms with Gasteiger partial charge in [-0.3, -0.25) is 4.79 Å². The van der Waals surface area contributed by atoms with E-state index in [0.717, 1.165) is 13.1 Å². The van der Waals surface area contributed by atoms with Gasteiger partial charge in [-0.2, -0.15) is 0 Å². The number of fused-ring (bicyclic) bond motifs is 1. The minimum Gasteiger partial charge on any atom is -0.457 e. The van der Waals surface area contributed by atoms with Gasteiger partial charge in [0, 0.05) is 32.1 Å². The number of carbonyl (C=O) groups is 2. The zero-order chi connectivity index (χ0) is 31.3. The third kappa shape index (κ3) is 8.18. The molecule has 0 bridgehead atoms. The Labute approximate surface area is 251 Å². The van der Waals surface area contributed by atoms with Crippen molar-refractivity contribution in [1.82, 2.24) is 24.8 Å². The fourth-order valence-electron chi connectivity index (χ4n) is 5.48. The molecule has 3 heterocycles. The molecule has 0 saturated carbocycles. The average molecular weight is 602 g/mol. The largest absolute Gasteiger partial charge is 0.457 e. The SMILES string of the molecule is C/C(=C\c1cc(F)c2nnn([C@H](C)CO)c2c1)[C@H]1OC(=O)C[C@H](O)CC[C@H](C)[C@@H](OC(=O)N2CCN(C)CC2)/C=C\[C@@H]1C. The van der Waals surface area contributed by atoms with Gasteiger partial charge >= 0.3 is 12.1 Å².